The smallest absolute Gasteiger partial charge is 0.325 e. The molecule has 3 amide bonds. The molecule has 190 valence electrons. The molecular weight excluding hydrogens is 491 g/mol. The van der Waals surface area contributed by atoms with Crippen molar-refractivity contribution < 1.29 is 37.0 Å². The van der Waals surface area contributed by atoms with Gasteiger partial charge >= 0.3 is 6.03 Å². The third-order valence-electron chi connectivity index (χ3n) is 5.16. The summed E-state index contributed by atoms with van der Waals surface area (Å²) in [6.07, 6.45) is 1.07. The van der Waals surface area contributed by atoms with E-state index >= 15 is 0 Å². The lowest BCUT2D eigenvalue weighted by Crippen LogP contribution is -2.35. The minimum Gasteiger partial charge on any atom is -0.493 e. The highest BCUT2D eigenvalue weighted by Crippen LogP contribution is 2.37. The number of hydrogen-bond donors (Lipinski definition) is 2. The number of hydrogen-bond acceptors (Lipinski definition) is 6. The molecule has 0 aliphatic rings. The van der Waals surface area contributed by atoms with Crippen molar-refractivity contribution in [2.75, 3.05) is 19.5 Å². The number of urea groups is 1. The quantitative estimate of drug-likeness (QED) is 0.347. The van der Waals surface area contributed by atoms with Gasteiger partial charge in [0, 0.05) is 35.5 Å². The molecule has 0 radical (unpaired) electrons. The minimum absolute atomic E-state index is 0.0398. The molecule has 3 aromatic carbocycles. The van der Waals surface area contributed by atoms with Crippen molar-refractivity contribution in [1.82, 2.24) is 10.3 Å². The van der Waals surface area contributed by atoms with Gasteiger partial charge in [-0.05, 0) is 42.0 Å². The molecular formula is C26H20F3N3O5. The summed E-state index contributed by atoms with van der Waals surface area (Å²) in [6, 6.07) is 10.2. The van der Waals surface area contributed by atoms with Crippen molar-refractivity contribution in [3.63, 3.8) is 0 Å². The van der Waals surface area contributed by atoms with Crippen molar-refractivity contribution in [3.05, 3.63) is 83.8 Å². The molecule has 11 heteroatoms. The molecule has 37 heavy (non-hydrogen) atoms. The van der Waals surface area contributed by atoms with Crippen molar-refractivity contribution in [2.24, 2.45) is 0 Å². The number of ether oxygens (including phenoxy) is 3. The summed E-state index contributed by atoms with van der Waals surface area (Å²) >= 11 is 0. The number of rotatable bonds is 7. The number of pyridine rings is 1. The summed E-state index contributed by atoms with van der Waals surface area (Å²) < 4.78 is 57.7. The number of fused-ring (bicyclic) bond motifs is 1. The van der Waals surface area contributed by atoms with Crippen molar-refractivity contribution in [1.29, 1.82) is 0 Å². The van der Waals surface area contributed by atoms with Crippen LogP contribution in [-0.4, -0.2) is 31.1 Å². The first-order valence-electron chi connectivity index (χ1n) is 10.8. The topological polar surface area (TPSA) is 98.8 Å². The van der Waals surface area contributed by atoms with Crippen LogP contribution in [0.1, 0.15) is 5.56 Å². The number of imide groups is 1. The van der Waals surface area contributed by atoms with E-state index in [1.165, 1.54) is 32.5 Å². The Morgan fingerprint density at radius 2 is 1.54 bits per heavy atom. The van der Waals surface area contributed by atoms with Crippen molar-refractivity contribution >= 4 is 28.5 Å². The zero-order chi connectivity index (χ0) is 26.5. The summed E-state index contributed by atoms with van der Waals surface area (Å²) in [6.45, 7) is 0. The Balaban J connectivity index is 1.44. The van der Waals surface area contributed by atoms with Crippen LogP contribution in [-0.2, 0) is 11.2 Å². The molecule has 4 rings (SSSR count). The first-order valence-corrected chi connectivity index (χ1v) is 10.8. The van der Waals surface area contributed by atoms with Gasteiger partial charge in [0.15, 0.2) is 23.1 Å². The van der Waals surface area contributed by atoms with Crippen LogP contribution in [0.5, 0.6) is 23.0 Å². The summed E-state index contributed by atoms with van der Waals surface area (Å²) in [7, 11) is 2.98. The predicted molar refractivity (Wildman–Crippen MR) is 129 cm³/mol. The summed E-state index contributed by atoms with van der Waals surface area (Å²) in [5.41, 5.74) is 0.629. The van der Waals surface area contributed by atoms with Gasteiger partial charge in [-0.1, -0.05) is 0 Å². The van der Waals surface area contributed by atoms with Crippen LogP contribution in [0, 0.1) is 17.5 Å². The molecule has 0 aliphatic carbocycles. The van der Waals surface area contributed by atoms with Gasteiger partial charge in [-0.25, -0.2) is 18.0 Å². The molecule has 0 spiro atoms. The largest absolute Gasteiger partial charge is 0.493 e. The normalized spacial score (nSPS) is 10.6. The maximum absolute atomic E-state index is 14.8. The first kappa shape index (κ1) is 25.3. The van der Waals surface area contributed by atoms with Crippen LogP contribution >= 0.6 is 0 Å². The Labute approximate surface area is 209 Å². The fraction of sp³-hybridized carbons (Fsp3) is 0.115. The SMILES string of the molecule is COc1cc2nccc(Oc3ccc(NC(=O)NC(=O)Cc4cc(F)cc(F)c4)cc3F)c2cc1OC. The highest BCUT2D eigenvalue weighted by atomic mass is 19.1. The van der Waals surface area contributed by atoms with Crippen LogP contribution in [0.2, 0.25) is 0 Å². The van der Waals surface area contributed by atoms with Gasteiger partial charge in [-0.2, -0.15) is 0 Å². The number of benzene rings is 3. The van der Waals surface area contributed by atoms with Gasteiger partial charge in [0.2, 0.25) is 5.91 Å². The van der Waals surface area contributed by atoms with E-state index in [1.54, 1.807) is 18.2 Å². The lowest BCUT2D eigenvalue weighted by Gasteiger charge is -2.13. The van der Waals surface area contributed by atoms with Gasteiger partial charge in [-0.3, -0.25) is 15.1 Å². The molecule has 1 aromatic heterocycles. The van der Waals surface area contributed by atoms with Gasteiger partial charge in [0.1, 0.15) is 17.4 Å². The van der Waals surface area contributed by atoms with Gasteiger partial charge in [0.25, 0.3) is 0 Å². The number of aromatic nitrogens is 1. The van der Waals surface area contributed by atoms with Crippen LogP contribution in [0.4, 0.5) is 23.7 Å². The van der Waals surface area contributed by atoms with E-state index in [2.05, 4.69) is 10.3 Å². The molecule has 0 aliphatic heterocycles. The number of amides is 3. The van der Waals surface area contributed by atoms with Gasteiger partial charge in [0.05, 0.1) is 26.2 Å². The van der Waals surface area contributed by atoms with E-state index < -0.39 is 35.8 Å². The Kier molecular flexibility index (Phi) is 7.42. The Bertz CT molecular complexity index is 1480. The van der Waals surface area contributed by atoms with E-state index in [0.717, 1.165) is 18.2 Å². The second-order valence-corrected chi connectivity index (χ2v) is 7.74. The minimum atomic E-state index is -0.948. The first-order chi connectivity index (χ1) is 17.7. The predicted octanol–water partition coefficient (Wildman–Crippen LogP) is 5.35. The van der Waals surface area contributed by atoms with E-state index in [4.69, 9.17) is 14.2 Å². The third kappa shape index (κ3) is 6.07. The van der Waals surface area contributed by atoms with Crippen LogP contribution in [0.3, 0.4) is 0 Å². The maximum atomic E-state index is 14.8. The Morgan fingerprint density at radius 1 is 0.838 bits per heavy atom. The van der Waals surface area contributed by atoms with E-state index in [9.17, 15) is 22.8 Å². The lowest BCUT2D eigenvalue weighted by molar-refractivity contribution is -0.119. The maximum Gasteiger partial charge on any atom is 0.325 e. The highest BCUT2D eigenvalue weighted by molar-refractivity contribution is 6.01. The molecule has 8 nitrogen and oxygen atoms in total. The Morgan fingerprint density at radius 3 is 2.22 bits per heavy atom. The van der Waals surface area contributed by atoms with E-state index in [1.807, 2.05) is 5.32 Å². The zero-order valence-electron chi connectivity index (χ0n) is 19.6. The van der Waals surface area contributed by atoms with Crippen LogP contribution in [0.25, 0.3) is 10.9 Å². The molecule has 0 saturated carbocycles. The number of methoxy groups -OCH3 is 2. The molecule has 0 saturated heterocycles. The second-order valence-electron chi connectivity index (χ2n) is 7.74. The number of carbonyl (C=O) groups excluding carboxylic acids is 2. The lowest BCUT2D eigenvalue weighted by atomic mass is 10.1. The standard InChI is InChI=1S/C26H20F3N3O5/c1-35-23-12-18-20(13-24(23)36-2)30-6-5-21(18)37-22-4-3-17(11-19(22)29)31-26(34)32-25(33)9-14-7-15(27)10-16(28)8-14/h3-8,10-13H,9H2,1-2H3,(H2,31,32,33,34). The second kappa shape index (κ2) is 10.9. The Hall–Kier alpha value is -4.80. The average molecular weight is 511 g/mol. The molecule has 4 aromatic rings. The number of nitrogens with one attached hydrogen (secondary N) is 2. The van der Waals surface area contributed by atoms with Crippen molar-refractivity contribution in [3.8, 4) is 23.0 Å². The van der Waals surface area contributed by atoms with Gasteiger partial charge < -0.3 is 19.5 Å². The van der Waals surface area contributed by atoms with E-state index in [-0.39, 0.29) is 17.0 Å². The van der Waals surface area contributed by atoms with E-state index in [0.29, 0.717) is 34.2 Å². The van der Waals surface area contributed by atoms with Crippen LogP contribution in [0.15, 0.2) is 60.8 Å². The number of halogens is 3. The van der Waals surface area contributed by atoms with Gasteiger partial charge in [-0.15, -0.1) is 0 Å². The van der Waals surface area contributed by atoms with Crippen LogP contribution < -0.4 is 24.8 Å². The molecule has 1 heterocycles. The molecule has 0 atom stereocenters. The fourth-order valence-electron chi connectivity index (χ4n) is 3.55. The number of nitrogens with zero attached hydrogens (tertiary/aromatic N) is 1. The molecule has 0 fully saturated rings. The van der Waals surface area contributed by atoms with Crippen molar-refractivity contribution in [2.45, 2.75) is 6.42 Å². The monoisotopic (exact) mass is 511 g/mol. The summed E-state index contributed by atoms with van der Waals surface area (Å²) in [4.78, 5) is 28.4. The summed E-state index contributed by atoms with van der Waals surface area (Å²) in [5.74, 6) is -2.19. The highest BCUT2D eigenvalue weighted by Gasteiger charge is 2.15. The molecule has 0 bridgehead atoms. The average Bonchev–Trinajstić information content (AvgIpc) is 2.84. The third-order valence-corrected chi connectivity index (χ3v) is 5.16. The molecule has 0 unspecified atom stereocenters. The fourth-order valence-corrected chi connectivity index (χ4v) is 3.55. The summed E-state index contributed by atoms with van der Waals surface area (Å²) in [5, 5.41) is 4.88. The zero-order valence-corrected chi connectivity index (χ0v) is 19.6. The number of carbonyl (C=O) groups is 2. The number of anilines is 1. The molecule has 2 N–H and O–H groups in total.